The van der Waals surface area contributed by atoms with Crippen LogP contribution in [0.25, 0.3) is 11.8 Å². The molecular weight excluding hydrogens is 426 g/mol. The fourth-order valence-electron chi connectivity index (χ4n) is 2.91. The van der Waals surface area contributed by atoms with Gasteiger partial charge in [0.1, 0.15) is 5.75 Å². The molecule has 1 heterocycles. The van der Waals surface area contributed by atoms with E-state index in [-0.39, 0.29) is 5.91 Å². The number of carbonyl (C=O) groups is 2. The Balaban J connectivity index is 1.33. The summed E-state index contributed by atoms with van der Waals surface area (Å²) in [6.07, 6.45) is 6.44. The summed E-state index contributed by atoms with van der Waals surface area (Å²) in [4.78, 5) is 24.4. The van der Waals surface area contributed by atoms with Crippen LogP contribution in [0.15, 0.2) is 97.3 Å². The number of halogens is 1. The van der Waals surface area contributed by atoms with Crippen LogP contribution in [0, 0.1) is 0 Å². The predicted octanol–water partition coefficient (Wildman–Crippen LogP) is 5.40. The third-order valence-corrected chi connectivity index (χ3v) is 4.81. The van der Waals surface area contributed by atoms with Gasteiger partial charge in [0.15, 0.2) is 0 Å². The molecule has 7 heteroatoms. The smallest absolute Gasteiger partial charge is 0.336 e. The second-order valence-corrected chi connectivity index (χ2v) is 7.17. The van der Waals surface area contributed by atoms with Crippen LogP contribution in [0.5, 0.6) is 5.75 Å². The van der Waals surface area contributed by atoms with E-state index in [0.29, 0.717) is 22.0 Å². The van der Waals surface area contributed by atoms with Crippen LogP contribution in [-0.4, -0.2) is 21.7 Å². The molecule has 0 radical (unpaired) electrons. The van der Waals surface area contributed by atoms with Gasteiger partial charge in [-0.3, -0.25) is 4.79 Å². The van der Waals surface area contributed by atoms with Crippen molar-refractivity contribution >= 4 is 35.2 Å². The standard InChI is InChI=1S/C25H18ClN3O3/c26-23-9-5-4-8-22(23)25(31)28-19-11-13-21(14-12-19)32-24(30)15-10-18-16-27-29(17-18)20-6-2-1-3-7-20/h1-17H,(H,28,31)/b15-10+. The summed E-state index contributed by atoms with van der Waals surface area (Å²) >= 11 is 6.04. The van der Waals surface area contributed by atoms with Crippen LogP contribution < -0.4 is 10.1 Å². The lowest BCUT2D eigenvalue weighted by molar-refractivity contribution is -0.128. The van der Waals surface area contributed by atoms with Gasteiger partial charge in [-0.2, -0.15) is 5.10 Å². The lowest BCUT2D eigenvalue weighted by atomic mass is 10.2. The maximum atomic E-state index is 12.3. The zero-order chi connectivity index (χ0) is 22.3. The topological polar surface area (TPSA) is 73.2 Å². The van der Waals surface area contributed by atoms with Crippen molar-refractivity contribution in [2.45, 2.75) is 0 Å². The molecule has 32 heavy (non-hydrogen) atoms. The molecule has 0 aliphatic rings. The fraction of sp³-hybridized carbons (Fsp3) is 0. The normalized spacial score (nSPS) is 10.8. The summed E-state index contributed by atoms with van der Waals surface area (Å²) in [5.74, 6) is -0.486. The molecule has 4 aromatic rings. The van der Waals surface area contributed by atoms with Crippen molar-refractivity contribution in [2.24, 2.45) is 0 Å². The second kappa shape index (κ2) is 9.76. The number of anilines is 1. The van der Waals surface area contributed by atoms with Crippen molar-refractivity contribution in [1.82, 2.24) is 9.78 Å². The molecule has 0 atom stereocenters. The Labute approximate surface area is 189 Å². The Morgan fingerprint density at radius 2 is 1.66 bits per heavy atom. The van der Waals surface area contributed by atoms with E-state index in [2.05, 4.69) is 10.4 Å². The number of aromatic nitrogens is 2. The number of hydrogen-bond donors (Lipinski definition) is 1. The van der Waals surface area contributed by atoms with Gasteiger partial charge >= 0.3 is 5.97 Å². The molecule has 0 saturated heterocycles. The van der Waals surface area contributed by atoms with Gasteiger partial charge in [-0.1, -0.05) is 41.9 Å². The van der Waals surface area contributed by atoms with E-state index in [1.54, 1.807) is 65.5 Å². The number of esters is 1. The number of nitrogens with one attached hydrogen (secondary N) is 1. The highest BCUT2D eigenvalue weighted by atomic mass is 35.5. The molecule has 4 rings (SSSR count). The van der Waals surface area contributed by atoms with Gasteiger partial charge in [-0.25, -0.2) is 9.48 Å². The molecule has 3 aromatic carbocycles. The van der Waals surface area contributed by atoms with Gasteiger partial charge < -0.3 is 10.1 Å². The van der Waals surface area contributed by atoms with Crippen molar-refractivity contribution < 1.29 is 14.3 Å². The Morgan fingerprint density at radius 1 is 0.938 bits per heavy atom. The molecule has 0 bridgehead atoms. The van der Waals surface area contributed by atoms with Gasteiger partial charge in [0.25, 0.3) is 5.91 Å². The van der Waals surface area contributed by atoms with E-state index in [4.69, 9.17) is 16.3 Å². The van der Waals surface area contributed by atoms with E-state index in [1.807, 2.05) is 36.5 Å². The number of para-hydroxylation sites is 1. The molecule has 0 aliphatic heterocycles. The summed E-state index contributed by atoms with van der Waals surface area (Å²) in [5.41, 5.74) is 2.63. The first-order valence-corrected chi connectivity index (χ1v) is 10.1. The molecule has 0 spiro atoms. The lowest BCUT2D eigenvalue weighted by Gasteiger charge is -2.07. The highest BCUT2D eigenvalue weighted by Gasteiger charge is 2.10. The van der Waals surface area contributed by atoms with Crippen LogP contribution in [0.2, 0.25) is 5.02 Å². The van der Waals surface area contributed by atoms with Gasteiger partial charge in [0, 0.05) is 23.5 Å². The maximum Gasteiger partial charge on any atom is 0.336 e. The van der Waals surface area contributed by atoms with Crippen LogP contribution in [0.4, 0.5) is 5.69 Å². The molecule has 1 aromatic heterocycles. The molecule has 158 valence electrons. The highest BCUT2D eigenvalue weighted by Crippen LogP contribution is 2.20. The van der Waals surface area contributed by atoms with Gasteiger partial charge in [0.05, 0.1) is 22.5 Å². The van der Waals surface area contributed by atoms with Gasteiger partial charge in [-0.15, -0.1) is 0 Å². The average Bonchev–Trinajstić information content (AvgIpc) is 3.29. The van der Waals surface area contributed by atoms with Gasteiger partial charge in [0.2, 0.25) is 0 Å². The van der Waals surface area contributed by atoms with Crippen molar-refractivity contribution in [3.05, 3.63) is 113 Å². The molecule has 6 nitrogen and oxygen atoms in total. The Kier molecular flexibility index (Phi) is 6.43. The molecule has 0 saturated carbocycles. The number of ether oxygens (including phenoxy) is 1. The van der Waals surface area contributed by atoms with Crippen molar-refractivity contribution in [3.8, 4) is 11.4 Å². The second-order valence-electron chi connectivity index (χ2n) is 6.77. The van der Waals surface area contributed by atoms with Crippen molar-refractivity contribution in [3.63, 3.8) is 0 Å². The van der Waals surface area contributed by atoms with E-state index < -0.39 is 5.97 Å². The van der Waals surface area contributed by atoms with Crippen LogP contribution in [0.3, 0.4) is 0 Å². The number of benzene rings is 3. The van der Waals surface area contributed by atoms with Crippen LogP contribution >= 0.6 is 11.6 Å². The summed E-state index contributed by atoms with van der Waals surface area (Å²) in [7, 11) is 0. The van der Waals surface area contributed by atoms with Crippen LogP contribution in [0.1, 0.15) is 15.9 Å². The maximum absolute atomic E-state index is 12.3. The molecule has 0 aliphatic carbocycles. The highest BCUT2D eigenvalue weighted by molar-refractivity contribution is 6.34. The Bertz CT molecular complexity index is 1270. The van der Waals surface area contributed by atoms with Gasteiger partial charge in [-0.05, 0) is 54.6 Å². The largest absolute Gasteiger partial charge is 0.423 e. The number of amides is 1. The minimum absolute atomic E-state index is 0.320. The van der Waals surface area contributed by atoms with Crippen molar-refractivity contribution in [2.75, 3.05) is 5.32 Å². The number of carbonyl (C=O) groups excluding carboxylic acids is 2. The quantitative estimate of drug-likeness (QED) is 0.246. The predicted molar refractivity (Wildman–Crippen MR) is 124 cm³/mol. The molecule has 1 N–H and O–H groups in total. The number of nitrogens with zero attached hydrogens (tertiary/aromatic N) is 2. The fourth-order valence-corrected chi connectivity index (χ4v) is 3.13. The first-order valence-electron chi connectivity index (χ1n) is 9.74. The minimum Gasteiger partial charge on any atom is -0.423 e. The van der Waals surface area contributed by atoms with E-state index in [9.17, 15) is 9.59 Å². The molecular formula is C25H18ClN3O3. The number of hydrogen-bond acceptors (Lipinski definition) is 4. The molecule has 0 unspecified atom stereocenters. The number of rotatable bonds is 6. The summed E-state index contributed by atoms with van der Waals surface area (Å²) in [5, 5.41) is 7.41. The summed E-state index contributed by atoms with van der Waals surface area (Å²) in [6.45, 7) is 0. The van der Waals surface area contributed by atoms with E-state index in [0.717, 1.165) is 11.3 Å². The van der Waals surface area contributed by atoms with E-state index in [1.165, 1.54) is 6.08 Å². The average molecular weight is 444 g/mol. The minimum atomic E-state index is -0.523. The first-order chi connectivity index (χ1) is 15.6. The van der Waals surface area contributed by atoms with Crippen molar-refractivity contribution in [1.29, 1.82) is 0 Å². The zero-order valence-corrected chi connectivity index (χ0v) is 17.6. The third-order valence-electron chi connectivity index (χ3n) is 4.48. The third kappa shape index (κ3) is 5.30. The zero-order valence-electron chi connectivity index (χ0n) is 16.8. The molecule has 1 amide bonds. The Morgan fingerprint density at radius 3 is 2.41 bits per heavy atom. The summed E-state index contributed by atoms with van der Waals surface area (Å²) < 4.78 is 7.03. The summed E-state index contributed by atoms with van der Waals surface area (Å²) in [6, 6.07) is 22.9. The van der Waals surface area contributed by atoms with E-state index >= 15 is 0 Å². The Hall–Kier alpha value is -4.16. The monoisotopic (exact) mass is 443 g/mol. The van der Waals surface area contributed by atoms with Crippen LogP contribution in [-0.2, 0) is 4.79 Å². The molecule has 0 fully saturated rings. The SMILES string of the molecule is O=C(/C=C/c1cnn(-c2ccccc2)c1)Oc1ccc(NC(=O)c2ccccc2Cl)cc1. The first kappa shape index (κ1) is 21.1. The lowest BCUT2D eigenvalue weighted by Crippen LogP contribution is -2.12.